The molecule has 1 heterocycles. The van der Waals surface area contributed by atoms with Gasteiger partial charge in [0.25, 0.3) is 0 Å². The van der Waals surface area contributed by atoms with Gasteiger partial charge in [-0.15, -0.1) is 0 Å². The lowest BCUT2D eigenvalue weighted by molar-refractivity contribution is -0.192. The summed E-state index contributed by atoms with van der Waals surface area (Å²) in [5.74, 6) is -0.741. The van der Waals surface area contributed by atoms with E-state index in [1.54, 1.807) is 0 Å². The lowest BCUT2D eigenvalue weighted by atomic mass is 10.0. The monoisotopic (exact) mass is 253 g/mol. The van der Waals surface area contributed by atoms with Crippen molar-refractivity contribution in [1.29, 1.82) is 0 Å². The van der Waals surface area contributed by atoms with Gasteiger partial charge in [-0.05, 0) is 37.8 Å². The molecule has 0 aromatic heterocycles. The Morgan fingerprint density at radius 3 is 1.94 bits per heavy atom. The summed E-state index contributed by atoms with van der Waals surface area (Å²) < 4.78 is 31.7. The molecule has 0 bridgehead atoms. The second-order valence-electron chi connectivity index (χ2n) is 4.35. The van der Waals surface area contributed by atoms with Crippen LogP contribution in [0.4, 0.5) is 13.2 Å². The highest BCUT2D eigenvalue weighted by Gasteiger charge is 2.38. The minimum absolute atomic E-state index is 0.386. The molecule has 0 aromatic rings. The highest BCUT2D eigenvalue weighted by atomic mass is 19.4. The molecule has 0 aromatic carbocycles. The van der Waals surface area contributed by atoms with Crippen molar-refractivity contribution in [3.8, 4) is 0 Å². The molecule has 2 rings (SSSR count). The third-order valence-corrected chi connectivity index (χ3v) is 3.13. The molecular formula is C10H14F3NO3. The number of halogens is 3. The fraction of sp³-hybridized carbons (Fsp3) is 0.800. The highest BCUT2D eigenvalue weighted by molar-refractivity contribution is 5.73. The normalized spacial score (nSPS) is 31.4. The highest BCUT2D eigenvalue weighted by Crippen LogP contribution is 2.37. The van der Waals surface area contributed by atoms with Crippen LogP contribution in [0.3, 0.4) is 0 Å². The summed E-state index contributed by atoms with van der Waals surface area (Å²) in [5, 5.41) is 10.5. The van der Waals surface area contributed by atoms with E-state index in [1.165, 1.54) is 0 Å². The molecule has 2 atom stereocenters. The minimum atomic E-state index is -5.08. The van der Waals surface area contributed by atoms with E-state index >= 15 is 0 Å². The van der Waals surface area contributed by atoms with Gasteiger partial charge < -0.3 is 15.2 Å². The SMILES string of the molecule is O=C(O)C(F)(F)F.O=CC1CC2CNCC2C1. The van der Waals surface area contributed by atoms with Crippen molar-refractivity contribution < 1.29 is 27.9 Å². The Labute approximate surface area is 96.2 Å². The summed E-state index contributed by atoms with van der Waals surface area (Å²) in [6.07, 6.45) is -1.67. The molecule has 17 heavy (non-hydrogen) atoms. The average Bonchev–Trinajstić information content (AvgIpc) is 2.75. The number of nitrogens with one attached hydrogen (secondary N) is 1. The van der Waals surface area contributed by atoms with Crippen LogP contribution in [-0.4, -0.2) is 36.6 Å². The van der Waals surface area contributed by atoms with Gasteiger partial charge >= 0.3 is 12.1 Å². The largest absolute Gasteiger partial charge is 0.490 e. The third-order valence-electron chi connectivity index (χ3n) is 3.13. The molecule has 0 amide bonds. The fourth-order valence-corrected chi connectivity index (χ4v) is 2.32. The summed E-state index contributed by atoms with van der Waals surface area (Å²) in [4.78, 5) is 19.3. The molecule has 2 fully saturated rings. The summed E-state index contributed by atoms with van der Waals surface area (Å²) >= 11 is 0. The predicted octanol–water partition coefficient (Wildman–Crippen LogP) is 1.06. The molecule has 1 saturated heterocycles. The van der Waals surface area contributed by atoms with Crippen LogP contribution in [0.5, 0.6) is 0 Å². The van der Waals surface area contributed by atoms with E-state index in [9.17, 15) is 18.0 Å². The molecule has 0 spiro atoms. The van der Waals surface area contributed by atoms with E-state index in [2.05, 4.69) is 5.32 Å². The zero-order valence-corrected chi connectivity index (χ0v) is 9.04. The zero-order chi connectivity index (χ0) is 13.1. The van der Waals surface area contributed by atoms with Gasteiger partial charge in [-0.2, -0.15) is 13.2 Å². The lowest BCUT2D eigenvalue weighted by Crippen LogP contribution is -2.21. The van der Waals surface area contributed by atoms with Crippen molar-refractivity contribution in [2.75, 3.05) is 13.1 Å². The van der Waals surface area contributed by atoms with Crippen molar-refractivity contribution in [2.24, 2.45) is 17.8 Å². The zero-order valence-electron chi connectivity index (χ0n) is 9.04. The molecule has 7 heteroatoms. The molecule has 2 N–H and O–H groups in total. The van der Waals surface area contributed by atoms with Gasteiger partial charge in [-0.1, -0.05) is 0 Å². The first kappa shape index (κ1) is 14.0. The number of aliphatic carboxylic acids is 1. The van der Waals surface area contributed by atoms with E-state index in [1.807, 2.05) is 0 Å². The van der Waals surface area contributed by atoms with Crippen molar-refractivity contribution in [3.63, 3.8) is 0 Å². The van der Waals surface area contributed by atoms with Crippen LogP contribution in [0.15, 0.2) is 0 Å². The van der Waals surface area contributed by atoms with Crippen molar-refractivity contribution in [1.82, 2.24) is 5.32 Å². The standard InChI is InChI=1S/C8H13NO.C2HF3O2/c10-5-6-1-7-3-9-4-8(7)2-6;3-2(4,5)1(6)7/h5-9H,1-4H2;(H,6,7). The summed E-state index contributed by atoms with van der Waals surface area (Å²) in [7, 11) is 0. The molecule has 2 unspecified atom stereocenters. The Bertz CT molecular complexity index is 281. The quantitative estimate of drug-likeness (QED) is 0.686. The van der Waals surface area contributed by atoms with Gasteiger partial charge in [0, 0.05) is 5.92 Å². The molecular weight excluding hydrogens is 239 g/mol. The Morgan fingerprint density at radius 1 is 1.24 bits per heavy atom. The van der Waals surface area contributed by atoms with Crippen molar-refractivity contribution in [2.45, 2.75) is 19.0 Å². The van der Waals surface area contributed by atoms with E-state index in [4.69, 9.17) is 9.90 Å². The van der Waals surface area contributed by atoms with Crippen molar-refractivity contribution >= 4 is 12.3 Å². The fourth-order valence-electron chi connectivity index (χ4n) is 2.32. The van der Waals surface area contributed by atoms with Crippen LogP contribution in [0, 0.1) is 17.8 Å². The predicted molar refractivity (Wildman–Crippen MR) is 52.3 cm³/mol. The molecule has 1 aliphatic heterocycles. The number of carboxylic acids is 1. The second kappa shape index (κ2) is 5.48. The first-order valence-electron chi connectivity index (χ1n) is 5.30. The number of alkyl halides is 3. The minimum Gasteiger partial charge on any atom is -0.475 e. The number of carbonyl (C=O) groups is 2. The maximum atomic E-state index is 10.6. The first-order valence-corrected chi connectivity index (χ1v) is 5.30. The number of fused-ring (bicyclic) bond motifs is 1. The molecule has 0 radical (unpaired) electrons. The van der Waals surface area contributed by atoms with Crippen LogP contribution in [0.1, 0.15) is 12.8 Å². The Hall–Kier alpha value is -1.11. The van der Waals surface area contributed by atoms with Crippen molar-refractivity contribution in [3.05, 3.63) is 0 Å². The third kappa shape index (κ3) is 3.99. The molecule has 98 valence electrons. The smallest absolute Gasteiger partial charge is 0.475 e. The second-order valence-corrected chi connectivity index (χ2v) is 4.35. The molecule has 2 aliphatic rings. The Kier molecular flexibility index (Phi) is 4.50. The van der Waals surface area contributed by atoms with Gasteiger partial charge in [-0.3, -0.25) is 0 Å². The number of hydrogen-bond acceptors (Lipinski definition) is 3. The van der Waals surface area contributed by atoms with Gasteiger partial charge in [0.15, 0.2) is 0 Å². The molecule has 4 nitrogen and oxygen atoms in total. The van der Waals surface area contributed by atoms with Crippen LogP contribution in [0.25, 0.3) is 0 Å². The Morgan fingerprint density at radius 2 is 1.65 bits per heavy atom. The van der Waals surface area contributed by atoms with Crippen LogP contribution in [0.2, 0.25) is 0 Å². The topological polar surface area (TPSA) is 66.4 Å². The molecule has 1 saturated carbocycles. The maximum Gasteiger partial charge on any atom is 0.490 e. The van der Waals surface area contributed by atoms with E-state index in [-0.39, 0.29) is 0 Å². The average molecular weight is 253 g/mol. The van der Waals surface area contributed by atoms with Gasteiger partial charge in [0.2, 0.25) is 0 Å². The van der Waals surface area contributed by atoms with E-state index < -0.39 is 12.1 Å². The van der Waals surface area contributed by atoms with Crippen LogP contribution in [-0.2, 0) is 9.59 Å². The Balaban J connectivity index is 0.000000185. The number of rotatable bonds is 1. The number of aldehydes is 1. The summed E-state index contributed by atoms with van der Waals surface area (Å²) in [6, 6.07) is 0. The number of carboxylic acid groups (broad SMARTS) is 1. The van der Waals surface area contributed by atoms with Crippen LogP contribution >= 0.6 is 0 Å². The number of hydrogen-bond donors (Lipinski definition) is 2. The maximum absolute atomic E-state index is 10.6. The summed E-state index contributed by atoms with van der Waals surface area (Å²) in [6.45, 7) is 2.30. The first-order chi connectivity index (χ1) is 7.84. The van der Waals surface area contributed by atoms with E-state index in [0.717, 1.165) is 44.1 Å². The van der Waals surface area contributed by atoms with Gasteiger partial charge in [0.1, 0.15) is 6.29 Å². The lowest BCUT2D eigenvalue weighted by Gasteiger charge is -2.02. The van der Waals surface area contributed by atoms with Gasteiger partial charge in [-0.25, -0.2) is 4.79 Å². The van der Waals surface area contributed by atoms with Crippen LogP contribution < -0.4 is 5.32 Å². The molecule has 1 aliphatic carbocycles. The van der Waals surface area contributed by atoms with E-state index in [0.29, 0.717) is 5.92 Å². The van der Waals surface area contributed by atoms with Gasteiger partial charge in [0.05, 0.1) is 0 Å². The summed E-state index contributed by atoms with van der Waals surface area (Å²) in [5.41, 5.74) is 0. The number of carbonyl (C=O) groups excluding carboxylic acids is 1.